The third-order valence-corrected chi connectivity index (χ3v) is 8.61. The van der Waals surface area contributed by atoms with Crippen LogP contribution in [0, 0.1) is 5.92 Å². The molecule has 3 aliphatic rings. The number of nitrogens with one attached hydrogen (secondary N) is 2. The van der Waals surface area contributed by atoms with Gasteiger partial charge in [-0.25, -0.2) is 4.98 Å². The van der Waals surface area contributed by atoms with Gasteiger partial charge in [0.25, 0.3) is 5.56 Å². The van der Waals surface area contributed by atoms with Crippen molar-refractivity contribution in [3.05, 3.63) is 33.2 Å². The second kappa shape index (κ2) is 11.1. The van der Waals surface area contributed by atoms with Gasteiger partial charge in [-0.05, 0) is 37.7 Å². The van der Waals surface area contributed by atoms with Crippen molar-refractivity contribution in [1.29, 1.82) is 0 Å². The molecule has 6 rings (SSSR count). The molecule has 194 valence electrons. The summed E-state index contributed by atoms with van der Waals surface area (Å²) in [5.41, 5.74) is 6.90. The number of ether oxygens (including phenoxy) is 1. The number of carbonyl (C=O) groups is 1. The molecule has 4 heterocycles. The molecule has 4 N–H and O–H groups in total. The largest absolute Gasteiger partial charge is 0.379 e. The van der Waals surface area contributed by atoms with Crippen LogP contribution in [0.2, 0.25) is 0 Å². The monoisotopic (exact) mass is 513 g/mol. The molecule has 3 aromatic heterocycles. The summed E-state index contributed by atoms with van der Waals surface area (Å²) in [5, 5.41) is 7.70. The van der Waals surface area contributed by atoms with Crippen LogP contribution in [0.3, 0.4) is 0 Å². The summed E-state index contributed by atoms with van der Waals surface area (Å²) in [7, 11) is 1.81. The van der Waals surface area contributed by atoms with Crippen LogP contribution >= 0.6 is 11.3 Å². The van der Waals surface area contributed by atoms with E-state index in [9.17, 15) is 9.59 Å². The maximum Gasteiger partial charge on any atom is 0.261 e. The van der Waals surface area contributed by atoms with Crippen LogP contribution in [0.4, 0.5) is 11.6 Å². The van der Waals surface area contributed by atoms with Crippen molar-refractivity contribution in [3.8, 4) is 0 Å². The lowest BCUT2D eigenvalue weighted by molar-refractivity contribution is -0.122. The van der Waals surface area contributed by atoms with Gasteiger partial charge in [0.2, 0.25) is 11.9 Å². The number of hydrogen-bond donors (Lipinski definition) is 3. The van der Waals surface area contributed by atoms with E-state index in [1.807, 2.05) is 7.05 Å². The minimum atomic E-state index is -0.306. The van der Waals surface area contributed by atoms with Crippen LogP contribution in [0.15, 0.2) is 17.2 Å². The zero-order valence-corrected chi connectivity index (χ0v) is 21.6. The molecule has 11 heteroatoms. The third kappa shape index (κ3) is 5.63. The molecule has 1 atom stereocenters. The number of aryl methyl sites for hydroxylation is 2. The highest BCUT2D eigenvalue weighted by Crippen LogP contribution is 2.36. The van der Waals surface area contributed by atoms with Crippen molar-refractivity contribution in [2.45, 2.75) is 57.4 Å². The number of nitrogens with zero attached hydrogens (tertiary/aromatic N) is 4. The molecule has 1 unspecified atom stereocenters. The van der Waals surface area contributed by atoms with Crippen LogP contribution in [0.25, 0.3) is 10.2 Å². The van der Waals surface area contributed by atoms with E-state index in [0.29, 0.717) is 22.6 Å². The SMILES string of the molecule is C1CCC(N2CCOCC2)CC1.Cn1cc(Nc2nc3sc4c(c3c(=O)[nH]2)CC(C(N)=O)CC4)cn1. The van der Waals surface area contributed by atoms with Crippen molar-refractivity contribution in [3.63, 3.8) is 0 Å². The summed E-state index contributed by atoms with van der Waals surface area (Å²) in [4.78, 5) is 35.7. The first-order valence-electron chi connectivity index (χ1n) is 12.9. The zero-order valence-electron chi connectivity index (χ0n) is 20.8. The van der Waals surface area contributed by atoms with Gasteiger partial charge in [0.05, 0.1) is 30.5 Å². The van der Waals surface area contributed by atoms with E-state index in [0.717, 1.165) is 48.2 Å². The topological polar surface area (TPSA) is 131 Å². The maximum atomic E-state index is 12.5. The Kier molecular flexibility index (Phi) is 7.68. The maximum absolute atomic E-state index is 12.5. The number of aromatic amines is 1. The molecule has 3 aromatic rings. The lowest BCUT2D eigenvalue weighted by atomic mass is 9.87. The van der Waals surface area contributed by atoms with E-state index in [2.05, 4.69) is 25.3 Å². The Morgan fingerprint density at radius 2 is 2.00 bits per heavy atom. The second-order valence-electron chi connectivity index (χ2n) is 9.91. The minimum absolute atomic E-state index is 0.200. The number of fused-ring (bicyclic) bond motifs is 3. The molecule has 1 aliphatic heterocycles. The number of morpholine rings is 1. The highest BCUT2D eigenvalue weighted by molar-refractivity contribution is 7.18. The minimum Gasteiger partial charge on any atom is -0.379 e. The van der Waals surface area contributed by atoms with Gasteiger partial charge in [0.1, 0.15) is 4.83 Å². The molecule has 36 heavy (non-hydrogen) atoms. The van der Waals surface area contributed by atoms with Crippen molar-refractivity contribution < 1.29 is 9.53 Å². The van der Waals surface area contributed by atoms with Crippen molar-refractivity contribution >= 4 is 39.1 Å². The highest BCUT2D eigenvalue weighted by Gasteiger charge is 2.28. The first kappa shape index (κ1) is 24.9. The Morgan fingerprint density at radius 1 is 1.22 bits per heavy atom. The number of carbonyl (C=O) groups excluding carboxylic acids is 1. The Balaban J connectivity index is 0.000000186. The molecular formula is C25H35N7O3S. The Labute approximate surface area is 214 Å². The first-order chi connectivity index (χ1) is 17.5. The number of H-pyrrole nitrogens is 1. The average molecular weight is 514 g/mol. The number of anilines is 2. The van der Waals surface area contributed by atoms with E-state index in [4.69, 9.17) is 10.5 Å². The smallest absolute Gasteiger partial charge is 0.261 e. The number of amides is 1. The molecule has 0 bridgehead atoms. The van der Waals surface area contributed by atoms with Gasteiger partial charge >= 0.3 is 0 Å². The summed E-state index contributed by atoms with van der Waals surface area (Å²) in [6.45, 7) is 4.25. The van der Waals surface area contributed by atoms with Crippen molar-refractivity contribution in [2.75, 3.05) is 31.6 Å². The van der Waals surface area contributed by atoms with Crippen LogP contribution < -0.4 is 16.6 Å². The van der Waals surface area contributed by atoms with Gasteiger partial charge in [-0.1, -0.05) is 19.3 Å². The molecule has 1 amide bonds. The molecule has 0 radical (unpaired) electrons. The fraction of sp³-hybridized carbons (Fsp3) is 0.600. The van der Waals surface area contributed by atoms with E-state index >= 15 is 0 Å². The molecule has 0 spiro atoms. The fourth-order valence-corrected chi connectivity index (χ4v) is 6.71. The number of nitrogens with two attached hydrogens (primary N) is 1. The standard InChI is InChI=1S/C15H16N6O2S.C10H19NO/c1-21-6-8(5-17-21)18-15-19-13(23)11-9-4-7(12(16)22)2-3-10(9)24-14(11)20-15;1-2-4-10(5-3-1)11-6-8-12-9-7-11/h5-7H,2-4H2,1H3,(H2,16,22)(H2,18,19,20,23);10H,1-9H2. The van der Waals surface area contributed by atoms with Gasteiger partial charge in [-0.2, -0.15) is 5.10 Å². The Morgan fingerprint density at radius 3 is 2.69 bits per heavy atom. The van der Waals surface area contributed by atoms with Crippen LogP contribution in [0.1, 0.15) is 49.0 Å². The lowest BCUT2D eigenvalue weighted by Gasteiger charge is -2.36. The summed E-state index contributed by atoms with van der Waals surface area (Å²) in [5.74, 6) is -0.132. The van der Waals surface area contributed by atoms with Gasteiger partial charge in [-0.15, -0.1) is 11.3 Å². The molecule has 1 saturated carbocycles. The molecule has 1 saturated heterocycles. The Bertz CT molecular complexity index is 1240. The number of rotatable bonds is 4. The highest BCUT2D eigenvalue weighted by atomic mass is 32.1. The van der Waals surface area contributed by atoms with E-state index in [1.54, 1.807) is 17.1 Å². The fourth-order valence-electron chi connectivity index (χ4n) is 5.50. The summed E-state index contributed by atoms with van der Waals surface area (Å²) in [6, 6.07) is 0.891. The average Bonchev–Trinajstić information content (AvgIpc) is 3.47. The molecule has 2 fully saturated rings. The molecule has 2 aliphatic carbocycles. The second-order valence-corrected chi connectivity index (χ2v) is 11.0. The quantitative estimate of drug-likeness (QED) is 0.489. The Hall–Kier alpha value is -2.76. The number of primary amides is 1. The van der Waals surface area contributed by atoms with E-state index in [-0.39, 0.29) is 17.4 Å². The molecular weight excluding hydrogens is 478 g/mol. The number of hydrogen-bond acceptors (Lipinski definition) is 8. The predicted molar refractivity (Wildman–Crippen MR) is 141 cm³/mol. The lowest BCUT2D eigenvalue weighted by Crippen LogP contribution is -2.44. The summed E-state index contributed by atoms with van der Waals surface area (Å²) < 4.78 is 7.01. The van der Waals surface area contributed by atoms with Crippen molar-refractivity contribution in [2.24, 2.45) is 18.7 Å². The first-order valence-corrected chi connectivity index (χ1v) is 13.7. The van der Waals surface area contributed by atoms with Crippen LogP contribution in [0.5, 0.6) is 0 Å². The molecule has 0 aromatic carbocycles. The van der Waals surface area contributed by atoms with Gasteiger partial charge < -0.3 is 15.8 Å². The number of aromatic nitrogens is 4. The normalized spacial score (nSPS) is 21.0. The number of thiophene rings is 1. The van der Waals surface area contributed by atoms with E-state index in [1.165, 1.54) is 56.5 Å². The van der Waals surface area contributed by atoms with Crippen LogP contribution in [-0.2, 0) is 29.4 Å². The van der Waals surface area contributed by atoms with Crippen LogP contribution in [-0.4, -0.2) is 62.9 Å². The van der Waals surface area contributed by atoms with Crippen molar-refractivity contribution in [1.82, 2.24) is 24.6 Å². The van der Waals surface area contributed by atoms with Gasteiger partial charge in [0.15, 0.2) is 0 Å². The third-order valence-electron chi connectivity index (χ3n) is 7.42. The van der Waals surface area contributed by atoms with Gasteiger partial charge in [0, 0.05) is 43.2 Å². The summed E-state index contributed by atoms with van der Waals surface area (Å²) in [6.07, 6.45) is 12.7. The predicted octanol–water partition coefficient (Wildman–Crippen LogP) is 2.70. The zero-order chi connectivity index (χ0) is 25.1. The summed E-state index contributed by atoms with van der Waals surface area (Å²) >= 11 is 1.51. The van der Waals surface area contributed by atoms with Gasteiger partial charge in [-0.3, -0.25) is 24.2 Å². The van der Waals surface area contributed by atoms with E-state index < -0.39 is 0 Å². The molecule has 10 nitrogen and oxygen atoms in total.